The summed E-state index contributed by atoms with van der Waals surface area (Å²) in [4.78, 5) is 27.4. The van der Waals surface area contributed by atoms with Crippen LogP contribution in [0.5, 0.6) is 0 Å². The Labute approximate surface area is 158 Å². The lowest BCUT2D eigenvalue weighted by atomic mass is 10.1. The third-order valence-electron chi connectivity index (χ3n) is 3.44. The summed E-state index contributed by atoms with van der Waals surface area (Å²) in [6.07, 6.45) is 2.52. The van der Waals surface area contributed by atoms with Crippen LogP contribution in [-0.2, 0) is 34.0 Å². The molecule has 2 N–H and O–H groups in total. The van der Waals surface area contributed by atoms with Crippen molar-refractivity contribution in [2.45, 2.75) is 52.2 Å². The number of amides is 1. The van der Waals surface area contributed by atoms with Gasteiger partial charge in [-0.3, -0.25) is 0 Å². The van der Waals surface area contributed by atoms with Crippen LogP contribution in [0.2, 0.25) is 0 Å². The molecule has 0 fully saturated rings. The lowest BCUT2D eigenvalue weighted by Crippen LogP contribution is -2.44. The zero-order valence-electron chi connectivity index (χ0n) is 15.7. The Hall–Kier alpha value is -2.87. The van der Waals surface area contributed by atoms with Gasteiger partial charge in [0.2, 0.25) is 0 Å². The minimum atomic E-state index is -1.16. The normalized spacial score (nSPS) is 12.4. The van der Waals surface area contributed by atoms with Gasteiger partial charge in [0, 0.05) is 12.6 Å². The Morgan fingerprint density at radius 3 is 2.59 bits per heavy atom. The monoisotopic (exact) mass is 375 g/mol. The largest absolute Gasteiger partial charge is 0.480 e. The number of rotatable bonds is 8. The minimum absolute atomic E-state index is 0.0419. The molecular formula is C19H25N3O5. The molecule has 0 aliphatic carbocycles. The van der Waals surface area contributed by atoms with Crippen molar-refractivity contribution in [2.75, 3.05) is 0 Å². The number of ether oxygens (including phenoxy) is 2. The molecule has 0 saturated heterocycles. The highest BCUT2D eigenvalue weighted by Gasteiger charge is 2.24. The fourth-order valence-electron chi connectivity index (χ4n) is 2.28. The third-order valence-corrected chi connectivity index (χ3v) is 3.44. The lowest BCUT2D eigenvalue weighted by Gasteiger charge is -2.21. The fourth-order valence-corrected chi connectivity index (χ4v) is 2.28. The zero-order chi connectivity index (χ0) is 19.9. The van der Waals surface area contributed by atoms with Gasteiger partial charge in [-0.15, -0.1) is 0 Å². The van der Waals surface area contributed by atoms with Crippen LogP contribution in [0.25, 0.3) is 0 Å². The van der Waals surface area contributed by atoms with Gasteiger partial charge in [0.05, 0.1) is 18.6 Å². The summed E-state index contributed by atoms with van der Waals surface area (Å²) in [5.41, 5.74) is 0.886. The maximum absolute atomic E-state index is 11.8. The summed E-state index contributed by atoms with van der Waals surface area (Å²) < 4.78 is 12.4. The fraction of sp³-hybridized carbons (Fsp3) is 0.421. The van der Waals surface area contributed by atoms with Crippen LogP contribution in [0.4, 0.5) is 4.79 Å². The second kappa shape index (κ2) is 9.18. The van der Waals surface area contributed by atoms with Gasteiger partial charge in [-0.2, -0.15) is 0 Å². The first-order valence-corrected chi connectivity index (χ1v) is 8.57. The van der Waals surface area contributed by atoms with Crippen LogP contribution in [0.15, 0.2) is 42.9 Å². The van der Waals surface area contributed by atoms with Crippen LogP contribution in [0, 0.1) is 0 Å². The maximum Gasteiger partial charge on any atom is 0.408 e. The van der Waals surface area contributed by atoms with E-state index in [0.29, 0.717) is 19.0 Å². The molecule has 8 nitrogen and oxygen atoms in total. The number of hydrogen-bond donors (Lipinski definition) is 2. The molecule has 1 atom stereocenters. The van der Waals surface area contributed by atoms with Gasteiger partial charge < -0.3 is 24.5 Å². The minimum Gasteiger partial charge on any atom is -0.480 e. The SMILES string of the molecule is CC(C)(C)OC(=O)N[C@H](Cc1cn(COCc2ccccc2)cn1)C(=O)O. The van der Waals surface area contributed by atoms with Gasteiger partial charge in [-0.05, 0) is 26.3 Å². The van der Waals surface area contributed by atoms with E-state index in [1.807, 2.05) is 30.3 Å². The molecule has 0 unspecified atom stereocenters. The number of alkyl carbamates (subject to hydrolysis) is 1. The average molecular weight is 375 g/mol. The molecule has 2 rings (SSSR count). The van der Waals surface area contributed by atoms with Gasteiger partial charge in [0.1, 0.15) is 18.4 Å². The Balaban J connectivity index is 1.86. The zero-order valence-corrected chi connectivity index (χ0v) is 15.7. The molecule has 0 aliphatic rings. The standard InChI is InChI=1S/C19H25N3O5/c1-19(2,3)27-18(25)21-16(17(23)24)9-15-10-22(12-20-15)13-26-11-14-7-5-4-6-8-14/h4-8,10,12,16H,9,11,13H2,1-3H3,(H,21,25)(H,23,24)/t16-/m1/s1. The molecular weight excluding hydrogens is 350 g/mol. The molecule has 27 heavy (non-hydrogen) atoms. The lowest BCUT2D eigenvalue weighted by molar-refractivity contribution is -0.139. The van der Waals surface area contributed by atoms with Crippen LogP contribution in [0.3, 0.4) is 0 Å². The molecule has 8 heteroatoms. The first-order valence-electron chi connectivity index (χ1n) is 8.57. The Morgan fingerprint density at radius 1 is 1.26 bits per heavy atom. The van der Waals surface area contributed by atoms with Crippen molar-refractivity contribution in [1.29, 1.82) is 0 Å². The van der Waals surface area contributed by atoms with Crippen molar-refractivity contribution in [3.8, 4) is 0 Å². The molecule has 0 radical (unpaired) electrons. The van der Waals surface area contributed by atoms with Crippen molar-refractivity contribution in [1.82, 2.24) is 14.9 Å². The molecule has 0 spiro atoms. The van der Waals surface area contributed by atoms with E-state index in [9.17, 15) is 14.7 Å². The van der Waals surface area contributed by atoms with E-state index in [-0.39, 0.29) is 6.42 Å². The number of aliphatic carboxylic acids is 1. The Kier molecular flexibility index (Phi) is 6.95. The second-order valence-corrected chi connectivity index (χ2v) is 7.08. The third kappa shape index (κ3) is 7.49. The van der Waals surface area contributed by atoms with E-state index < -0.39 is 23.7 Å². The van der Waals surface area contributed by atoms with Gasteiger partial charge in [0.25, 0.3) is 0 Å². The molecule has 1 aromatic carbocycles. The number of carboxylic acids is 1. The number of imidazole rings is 1. The van der Waals surface area contributed by atoms with E-state index in [0.717, 1.165) is 5.56 Å². The number of carbonyl (C=O) groups is 2. The van der Waals surface area contributed by atoms with Crippen LogP contribution in [0.1, 0.15) is 32.0 Å². The van der Waals surface area contributed by atoms with E-state index in [2.05, 4.69) is 10.3 Å². The van der Waals surface area contributed by atoms with E-state index in [1.54, 1.807) is 37.9 Å². The van der Waals surface area contributed by atoms with Crippen molar-refractivity contribution >= 4 is 12.1 Å². The molecule has 146 valence electrons. The smallest absolute Gasteiger partial charge is 0.408 e. The van der Waals surface area contributed by atoms with Crippen molar-refractivity contribution < 1.29 is 24.2 Å². The number of carbonyl (C=O) groups excluding carboxylic acids is 1. The molecule has 1 heterocycles. The highest BCUT2D eigenvalue weighted by Crippen LogP contribution is 2.08. The summed E-state index contributed by atoms with van der Waals surface area (Å²) in [5, 5.41) is 11.7. The average Bonchev–Trinajstić information content (AvgIpc) is 3.01. The first kappa shape index (κ1) is 20.4. The number of aromatic nitrogens is 2. The molecule has 1 amide bonds. The number of nitrogens with one attached hydrogen (secondary N) is 1. The highest BCUT2D eigenvalue weighted by molar-refractivity contribution is 5.80. The topological polar surface area (TPSA) is 103 Å². The molecule has 0 aliphatic heterocycles. The highest BCUT2D eigenvalue weighted by atomic mass is 16.6. The predicted molar refractivity (Wildman–Crippen MR) is 98.0 cm³/mol. The van der Waals surface area contributed by atoms with Crippen molar-refractivity contribution in [3.05, 3.63) is 54.1 Å². The van der Waals surface area contributed by atoms with Crippen molar-refractivity contribution in [2.24, 2.45) is 0 Å². The summed E-state index contributed by atoms with van der Waals surface area (Å²) in [6, 6.07) is 8.64. The second-order valence-electron chi connectivity index (χ2n) is 7.08. The Morgan fingerprint density at radius 2 is 1.96 bits per heavy atom. The van der Waals surface area contributed by atoms with Crippen LogP contribution < -0.4 is 5.32 Å². The van der Waals surface area contributed by atoms with Crippen molar-refractivity contribution in [3.63, 3.8) is 0 Å². The summed E-state index contributed by atoms with van der Waals surface area (Å²) in [7, 11) is 0. The van der Waals surface area contributed by atoms with Gasteiger partial charge in [0.15, 0.2) is 0 Å². The first-order chi connectivity index (χ1) is 12.7. The molecule has 2 aromatic rings. The van der Waals surface area contributed by atoms with Crippen LogP contribution in [-0.4, -0.2) is 38.4 Å². The number of benzene rings is 1. The predicted octanol–water partition coefficient (Wildman–Crippen LogP) is 2.58. The number of carboxylic acid groups (broad SMARTS) is 1. The number of hydrogen-bond acceptors (Lipinski definition) is 5. The number of nitrogens with zero attached hydrogens (tertiary/aromatic N) is 2. The van der Waals surface area contributed by atoms with Crippen LogP contribution >= 0.6 is 0 Å². The Bertz CT molecular complexity index is 752. The van der Waals surface area contributed by atoms with Gasteiger partial charge in [-0.1, -0.05) is 30.3 Å². The van der Waals surface area contributed by atoms with E-state index in [4.69, 9.17) is 9.47 Å². The quantitative estimate of drug-likeness (QED) is 0.735. The maximum atomic E-state index is 11.8. The summed E-state index contributed by atoms with van der Waals surface area (Å²) in [6.45, 7) is 5.88. The summed E-state index contributed by atoms with van der Waals surface area (Å²) in [5.74, 6) is -1.16. The molecule has 1 aromatic heterocycles. The van der Waals surface area contributed by atoms with Gasteiger partial charge >= 0.3 is 12.1 Å². The molecule has 0 saturated carbocycles. The van der Waals surface area contributed by atoms with E-state index >= 15 is 0 Å². The molecule has 0 bridgehead atoms. The van der Waals surface area contributed by atoms with Gasteiger partial charge in [-0.25, -0.2) is 14.6 Å². The van der Waals surface area contributed by atoms with E-state index in [1.165, 1.54) is 0 Å². The summed E-state index contributed by atoms with van der Waals surface area (Å²) >= 11 is 0.